The SMILES string of the molecule is CCOC(=O)C1(C(=O)OCC)C/C(=C\P(c2ccccc2)c2ccccc2)C(C)C1. The van der Waals surface area contributed by atoms with Crippen molar-refractivity contribution >= 4 is 30.5 Å². The summed E-state index contributed by atoms with van der Waals surface area (Å²) in [5, 5.41) is 2.48. The van der Waals surface area contributed by atoms with Crippen LogP contribution in [0.15, 0.2) is 72.1 Å². The van der Waals surface area contributed by atoms with E-state index >= 15 is 0 Å². The predicted molar refractivity (Wildman–Crippen MR) is 121 cm³/mol. The van der Waals surface area contributed by atoms with E-state index in [4.69, 9.17) is 9.47 Å². The van der Waals surface area contributed by atoms with Gasteiger partial charge in [0.15, 0.2) is 5.41 Å². The maximum Gasteiger partial charge on any atom is 0.323 e. The minimum atomic E-state index is -1.24. The minimum absolute atomic E-state index is 0.0937. The summed E-state index contributed by atoms with van der Waals surface area (Å²) >= 11 is 0. The Kier molecular flexibility index (Phi) is 7.44. The molecule has 0 amide bonds. The molecule has 0 radical (unpaired) electrons. The van der Waals surface area contributed by atoms with Crippen molar-refractivity contribution in [1.82, 2.24) is 0 Å². The third-order valence-corrected chi connectivity index (χ3v) is 7.79. The van der Waals surface area contributed by atoms with Gasteiger partial charge in [-0.2, -0.15) is 0 Å². The highest BCUT2D eigenvalue weighted by molar-refractivity contribution is 7.75. The fraction of sp³-hybridized carbons (Fsp3) is 0.360. The van der Waals surface area contributed by atoms with Gasteiger partial charge < -0.3 is 9.47 Å². The molecule has 30 heavy (non-hydrogen) atoms. The molecule has 1 fully saturated rings. The Labute approximate surface area is 180 Å². The molecule has 0 aromatic heterocycles. The first kappa shape index (κ1) is 22.2. The average Bonchev–Trinajstić information content (AvgIpc) is 3.11. The lowest BCUT2D eigenvalue weighted by Gasteiger charge is -2.24. The zero-order valence-corrected chi connectivity index (χ0v) is 18.7. The van der Waals surface area contributed by atoms with Gasteiger partial charge >= 0.3 is 11.9 Å². The summed E-state index contributed by atoms with van der Waals surface area (Å²) in [5.41, 5.74) is -0.124. The molecule has 0 bridgehead atoms. The molecule has 2 aromatic carbocycles. The van der Waals surface area contributed by atoms with Crippen LogP contribution < -0.4 is 10.6 Å². The van der Waals surface area contributed by atoms with E-state index in [-0.39, 0.29) is 19.1 Å². The molecule has 2 aromatic rings. The first-order chi connectivity index (χ1) is 14.5. The Hall–Kier alpha value is -2.45. The molecule has 0 saturated heterocycles. The standard InChI is InChI=1S/C25H29O4P/c1-4-28-23(26)25(24(27)29-5-2)16-19(3)20(17-25)18-30(21-12-8-6-9-13-21)22-14-10-7-11-15-22/h6-15,18-19H,4-5,16-17H2,1-3H3/b20-18+. The summed E-state index contributed by atoms with van der Waals surface area (Å²) in [5.74, 6) is 1.44. The largest absolute Gasteiger partial charge is 0.465 e. The monoisotopic (exact) mass is 424 g/mol. The zero-order chi connectivity index (χ0) is 21.6. The fourth-order valence-electron chi connectivity index (χ4n) is 4.00. The number of hydrogen-bond donors (Lipinski definition) is 0. The van der Waals surface area contributed by atoms with Gasteiger partial charge in [-0.05, 0) is 51.1 Å². The number of benzene rings is 2. The van der Waals surface area contributed by atoms with E-state index in [2.05, 4.69) is 37.0 Å². The number of carbonyl (C=O) groups is 2. The Balaban J connectivity index is 2.01. The van der Waals surface area contributed by atoms with Crippen molar-refractivity contribution in [2.45, 2.75) is 33.6 Å². The maximum atomic E-state index is 12.9. The summed E-state index contributed by atoms with van der Waals surface area (Å²) < 4.78 is 10.6. The van der Waals surface area contributed by atoms with E-state index in [1.807, 2.05) is 36.4 Å². The minimum Gasteiger partial charge on any atom is -0.465 e. The van der Waals surface area contributed by atoms with Crippen LogP contribution in [-0.4, -0.2) is 25.2 Å². The predicted octanol–water partition coefficient (Wildman–Crippen LogP) is 4.55. The smallest absolute Gasteiger partial charge is 0.323 e. The Morgan fingerprint density at radius 1 is 0.933 bits per heavy atom. The van der Waals surface area contributed by atoms with Crippen molar-refractivity contribution in [2.75, 3.05) is 13.2 Å². The topological polar surface area (TPSA) is 52.6 Å². The normalized spacial score (nSPS) is 19.1. The summed E-state index contributed by atoms with van der Waals surface area (Å²) in [6.07, 6.45) is 0.771. The van der Waals surface area contributed by atoms with E-state index in [0.29, 0.717) is 12.8 Å². The second-order valence-electron chi connectivity index (χ2n) is 7.55. The molecule has 0 spiro atoms. The lowest BCUT2D eigenvalue weighted by molar-refractivity contribution is -0.171. The number of carbonyl (C=O) groups excluding carboxylic acids is 2. The van der Waals surface area contributed by atoms with E-state index in [1.165, 1.54) is 10.6 Å². The van der Waals surface area contributed by atoms with Crippen LogP contribution in [0.4, 0.5) is 0 Å². The lowest BCUT2D eigenvalue weighted by Crippen LogP contribution is -2.40. The molecular weight excluding hydrogens is 395 g/mol. The molecule has 1 aliphatic rings. The van der Waals surface area contributed by atoms with Crippen molar-refractivity contribution in [2.24, 2.45) is 11.3 Å². The molecule has 3 rings (SSSR count). The van der Waals surface area contributed by atoms with Gasteiger partial charge in [0.2, 0.25) is 0 Å². The van der Waals surface area contributed by atoms with Crippen LogP contribution in [0.5, 0.6) is 0 Å². The molecule has 1 atom stereocenters. The number of esters is 2. The van der Waals surface area contributed by atoms with Crippen LogP contribution in [-0.2, 0) is 19.1 Å². The van der Waals surface area contributed by atoms with Gasteiger partial charge in [-0.15, -0.1) is 0 Å². The Bertz CT molecular complexity index is 834. The molecule has 0 N–H and O–H groups in total. The highest BCUT2D eigenvalue weighted by atomic mass is 31.1. The molecule has 5 heteroatoms. The van der Waals surface area contributed by atoms with Crippen molar-refractivity contribution in [1.29, 1.82) is 0 Å². The summed E-state index contributed by atoms with van der Waals surface area (Å²) in [6, 6.07) is 20.8. The third-order valence-electron chi connectivity index (χ3n) is 5.49. The molecule has 0 heterocycles. The Morgan fingerprint density at radius 2 is 1.40 bits per heavy atom. The van der Waals surface area contributed by atoms with Gasteiger partial charge in [-0.3, -0.25) is 9.59 Å². The number of rotatable bonds is 7. The van der Waals surface area contributed by atoms with Gasteiger partial charge in [0.25, 0.3) is 0 Å². The second-order valence-corrected chi connectivity index (χ2v) is 9.58. The molecule has 158 valence electrons. The molecule has 0 aliphatic heterocycles. The van der Waals surface area contributed by atoms with E-state index < -0.39 is 25.3 Å². The summed E-state index contributed by atoms with van der Waals surface area (Å²) in [7, 11) is -0.751. The number of hydrogen-bond acceptors (Lipinski definition) is 4. The number of ether oxygens (including phenoxy) is 2. The van der Waals surface area contributed by atoms with Gasteiger partial charge in [0.1, 0.15) is 0 Å². The van der Waals surface area contributed by atoms with Gasteiger partial charge in [0.05, 0.1) is 13.2 Å². The fourth-order valence-corrected chi connectivity index (χ4v) is 6.26. The van der Waals surface area contributed by atoms with Crippen LogP contribution in [0.1, 0.15) is 33.6 Å². The van der Waals surface area contributed by atoms with Crippen molar-refractivity contribution < 1.29 is 19.1 Å². The van der Waals surface area contributed by atoms with Gasteiger partial charge in [0, 0.05) is 0 Å². The van der Waals surface area contributed by atoms with Crippen LogP contribution in [0.2, 0.25) is 0 Å². The van der Waals surface area contributed by atoms with Crippen molar-refractivity contribution in [3.63, 3.8) is 0 Å². The average molecular weight is 424 g/mol. The van der Waals surface area contributed by atoms with Crippen molar-refractivity contribution in [3.05, 3.63) is 72.1 Å². The van der Waals surface area contributed by atoms with Gasteiger partial charge in [-0.1, -0.05) is 79.0 Å². The van der Waals surface area contributed by atoms with Crippen LogP contribution >= 0.6 is 7.92 Å². The molecule has 1 saturated carbocycles. The van der Waals surface area contributed by atoms with Gasteiger partial charge in [-0.25, -0.2) is 0 Å². The van der Waals surface area contributed by atoms with Crippen LogP contribution in [0.3, 0.4) is 0 Å². The number of allylic oxidation sites excluding steroid dienone is 1. The first-order valence-electron chi connectivity index (χ1n) is 10.5. The van der Waals surface area contributed by atoms with Crippen LogP contribution in [0.25, 0.3) is 0 Å². The molecule has 1 unspecified atom stereocenters. The maximum absolute atomic E-state index is 12.9. The first-order valence-corrected chi connectivity index (χ1v) is 11.9. The quantitative estimate of drug-likeness (QED) is 0.372. The molecule has 1 aliphatic carbocycles. The van der Waals surface area contributed by atoms with Crippen molar-refractivity contribution in [3.8, 4) is 0 Å². The molecular formula is C25H29O4P. The lowest BCUT2D eigenvalue weighted by atomic mass is 9.85. The summed E-state index contributed by atoms with van der Waals surface area (Å²) in [6.45, 7) is 6.09. The Morgan fingerprint density at radius 3 is 1.83 bits per heavy atom. The highest BCUT2D eigenvalue weighted by Crippen LogP contribution is 2.50. The summed E-state index contributed by atoms with van der Waals surface area (Å²) in [4.78, 5) is 25.7. The molecule has 4 nitrogen and oxygen atoms in total. The van der Waals surface area contributed by atoms with Crippen LogP contribution in [0, 0.1) is 11.3 Å². The highest BCUT2D eigenvalue weighted by Gasteiger charge is 2.54. The van der Waals surface area contributed by atoms with E-state index in [9.17, 15) is 9.59 Å². The van der Waals surface area contributed by atoms with E-state index in [1.54, 1.807) is 13.8 Å². The second kappa shape index (κ2) is 10.0. The zero-order valence-electron chi connectivity index (χ0n) is 17.8. The third kappa shape index (κ3) is 4.65. The van der Waals surface area contributed by atoms with E-state index in [0.717, 1.165) is 5.57 Å².